The van der Waals surface area contributed by atoms with E-state index in [2.05, 4.69) is 46.7 Å². The zero-order valence-electron chi connectivity index (χ0n) is 12.7. The van der Waals surface area contributed by atoms with Crippen molar-refractivity contribution in [3.63, 3.8) is 0 Å². The van der Waals surface area contributed by atoms with Gasteiger partial charge in [0.05, 0.1) is 16.9 Å². The molecule has 0 N–H and O–H groups in total. The molecule has 104 valence electrons. The van der Waals surface area contributed by atoms with E-state index in [0.717, 1.165) is 18.5 Å². The molecule has 0 aromatic heterocycles. The molecule has 0 bridgehead atoms. The highest BCUT2D eigenvalue weighted by Crippen LogP contribution is 2.38. The Bertz CT molecular complexity index is 297. The van der Waals surface area contributed by atoms with Gasteiger partial charge in [0.2, 0.25) is 0 Å². The Balaban J connectivity index is 2.54. The second kappa shape index (κ2) is 5.62. The van der Waals surface area contributed by atoms with Crippen LogP contribution < -0.4 is 0 Å². The fraction of sp³-hybridized carbons (Fsp3) is 0.923. The minimum Gasteiger partial charge on any atom is -0.403 e. The highest BCUT2D eigenvalue weighted by atomic mass is 16.7. The maximum atomic E-state index is 5.95. The van der Waals surface area contributed by atoms with Crippen molar-refractivity contribution in [3.8, 4) is 0 Å². The van der Waals surface area contributed by atoms with E-state index in [1.54, 1.807) is 7.11 Å². The van der Waals surface area contributed by atoms with Crippen molar-refractivity contribution in [3.05, 3.63) is 0 Å². The normalized spacial score (nSPS) is 22.7. The number of hydrogen-bond donors (Lipinski definition) is 0. The van der Waals surface area contributed by atoms with Crippen LogP contribution in [0.3, 0.4) is 0 Å². The second-order valence-corrected chi connectivity index (χ2v) is 6.14. The lowest BCUT2D eigenvalue weighted by atomic mass is 9.81. The van der Waals surface area contributed by atoms with Gasteiger partial charge in [-0.3, -0.25) is 0 Å². The smallest absolute Gasteiger partial charge is 0.403 e. The first-order valence-corrected chi connectivity index (χ1v) is 6.65. The predicted molar refractivity (Wildman–Crippen MR) is 74.8 cm³/mol. The Kier molecular flexibility index (Phi) is 4.84. The van der Waals surface area contributed by atoms with Crippen LogP contribution in [0.1, 0.15) is 48.0 Å². The molecule has 1 saturated heterocycles. The first-order chi connectivity index (χ1) is 8.19. The minimum absolute atomic E-state index is 0.157. The monoisotopic (exact) mass is 255 g/mol. The molecule has 0 spiro atoms. The Morgan fingerprint density at radius 2 is 1.67 bits per heavy atom. The highest BCUT2D eigenvalue weighted by Gasteiger charge is 2.50. The maximum absolute atomic E-state index is 5.95. The number of oxime groups is 1. The summed E-state index contributed by atoms with van der Waals surface area (Å²) < 4.78 is 11.9. The first kappa shape index (κ1) is 15.5. The molecule has 18 heavy (non-hydrogen) atoms. The lowest BCUT2D eigenvalue weighted by Gasteiger charge is -2.32. The van der Waals surface area contributed by atoms with E-state index in [1.807, 2.05) is 0 Å². The summed E-state index contributed by atoms with van der Waals surface area (Å²) in [5.74, 6) is 0.382. The second-order valence-electron chi connectivity index (χ2n) is 6.14. The van der Waals surface area contributed by atoms with Crippen LogP contribution in [0.2, 0.25) is 6.32 Å². The molecule has 1 rings (SSSR count). The third-order valence-electron chi connectivity index (χ3n) is 3.81. The van der Waals surface area contributed by atoms with E-state index in [1.165, 1.54) is 0 Å². The van der Waals surface area contributed by atoms with Crippen molar-refractivity contribution in [2.75, 3.05) is 7.11 Å². The van der Waals surface area contributed by atoms with Gasteiger partial charge in [-0.1, -0.05) is 19.0 Å². The molecular formula is C13H26BNO3. The minimum atomic E-state index is -0.256. The molecular weight excluding hydrogens is 229 g/mol. The van der Waals surface area contributed by atoms with Crippen molar-refractivity contribution in [1.29, 1.82) is 0 Å². The fourth-order valence-electron chi connectivity index (χ4n) is 1.91. The lowest BCUT2D eigenvalue weighted by Crippen LogP contribution is -2.41. The average molecular weight is 255 g/mol. The van der Waals surface area contributed by atoms with Crippen molar-refractivity contribution in [2.24, 2.45) is 11.1 Å². The molecule has 0 aromatic rings. The van der Waals surface area contributed by atoms with Gasteiger partial charge in [-0.25, -0.2) is 0 Å². The van der Waals surface area contributed by atoms with Gasteiger partial charge in [0.1, 0.15) is 7.11 Å². The quantitative estimate of drug-likeness (QED) is 0.430. The van der Waals surface area contributed by atoms with Crippen molar-refractivity contribution in [2.45, 2.75) is 65.5 Å². The van der Waals surface area contributed by atoms with Gasteiger partial charge in [0, 0.05) is 0 Å². The summed E-state index contributed by atoms with van der Waals surface area (Å²) in [4.78, 5) is 4.87. The van der Waals surface area contributed by atoms with E-state index in [9.17, 15) is 0 Å². The Hall–Kier alpha value is -0.545. The van der Waals surface area contributed by atoms with Crippen molar-refractivity contribution in [1.82, 2.24) is 0 Å². The van der Waals surface area contributed by atoms with Gasteiger partial charge < -0.3 is 14.1 Å². The van der Waals surface area contributed by atoms with Crippen LogP contribution >= 0.6 is 0 Å². The van der Waals surface area contributed by atoms with E-state index in [-0.39, 0.29) is 18.3 Å². The topological polar surface area (TPSA) is 40.0 Å². The van der Waals surface area contributed by atoms with Crippen LogP contribution in [0, 0.1) is 5.92 Å². The Labute approximate surface area is 111 Å². The van der Waals surface area contributed by atoms with Gasteiger partial charge in [-0.15, -0.1) is 0 Å². The van der Waals surface area contributed by atoms with Gasteiger partial charge in [0.25, 0.3) is 0 Å². The Morgan fingerprint density at radius 1 is 1.17 bits per heavy atom. The Morgan fingerprint density at radius 3 is 2.06 bits per heavy atom. The molecule has 1 aliphatic rings. The summed E-state index contributed by atoms with van der Waals surface area (Å²) in [6.45, 7) is 12.5. The zero-order chi connectivity index (χ0) is 14.0. The van der Waals surface area contributed by atoms with Gasteiger partial charge in [-0.05, 0) is 46.4 Å². The van der Waals surface area contributed by atoms with E-state index in [0.29, 0.717) is 5.92 Å². The first-order valence-electron chi connectivity index (χ1n) is 6.65. The molecule has 0 radical (unpaired) electrons. The molecule has 1 heterocycles. The molecule has 0 aliphatic carbocycles. The summed E-state index contributed by atoms with van der Waals surface area (Å²) >= 11 is 0. The molecule has 1 fully saturated rings. The van der Waals surface area contributed by atoms with E-state index < -0.39 is 0 Å². The van der Waals surface area contributed by atoms with Gasteiger partial charge in [0.15, 0.2) is 0 Å². The predicted octanol–water partition coefficient (Wildman–Crippen LogP) is 3.13. The largest absolute Gasteiger partial charge is 0.458 e. The van der Waals surface area contributed by atoms with Crippen LogP contribution in [0.5, 0.6) is 0 Å². The van der Waals surface area contributed by atoms with Crippen LogP contribution in [-0.2, 0) is 14.1 Å². The summed E-state index contributed by atoms with van der Waals surface area (Å²) in [5, 5.41) is 4.06. The SMILES string of the molecule is CO/N=C(\CCB1OC(C)(C)C(C)(C)O1)C(C)C. The fourth-order valence-corrected chi connectivity index (χ4v) is 1.91. The van der Waals surface area contributed by atoms with Gasteiger partial charge in [-0.2, -0.15) is 0 Å². The third-order valence-corrected chi connectivity index (χ3v) is 3.81. The van der Waals surface area contributed by atoms with Crippen LogP contribution in [0.25, 0.3) is 0 Å². The lowest BCUT2D eigenvalue weighted by molar-refractivity contribution is 0.00578. The highest BCUT2D eigenvalue weighted by molar-refractivity contribution is 6.45. The van der Waals surface area contributed by atoms with E-state index in [4.69, 9.17) is 14.1 Å². The summed E-state index contributed by atoms with van der Waals surface area (Å²) in [7, 11) is 1.42. The van der Waals surface area contributed by atoms with E-state index >= 15 is 0 Å². The number of nitrogens with zero attached hydrogens (tertiary/aromatic N) is 1. The summed E-state index contributed by atoms with van der Waals surface area (Å²) in [5.41, 5.74) is 0.537. The molecule has 5 heteroatoms. The van der Waals surface area contributed by atoms with Crippen molar-refractivity contribution < 1.29 is 14.1 Å². The summed E-state index contributed by atoms with van der Waals surface area (Å²) in [6, 6.07) is 0. The summed E-state index contributed by atoms with van der Waals surface area (Å²) in [6.07, 6.45) is 1.65. The molecule has 0 amide bonds. The van der Waals surface area contributed by atoms with Gasteiger partial charge >= 0.3 is 7.12 Å². The van der Waals surface area contributed by atoms with Crippen molar-refractivity contribution >= 4 is 12.8 Å². The molecule has 1 aliphatic heterocycles. The zero-order valence-corrected chi connectivity index (χ0v) is 12.7. The molecule has 4 nitrogen and oxygen atoms in total. The molecule has 0 atom stereocenters. The third kappa shape index (κ3) is 3.48. The standard InChI is InChI=1S/C13H26BNO3/c1-10(2)11(15-16-7)8-9-14-17-12(3,4)13(5,6)18-14/h10H,8-9H2,1-7H3/b15-11+. The van der Waals surface area contributed by atoms with Crippen LogP contribution in [0.4, 0.5) is 0 Å². The van der Waals surface area contributed by atoms with Crippen LogP contribution in [0.15, 0.2) is 5.16 Å². The molecule has 0 aromatic carbocycles. The molecule has 0 unspecified atom stereocenters. The molecule has 0 saturated carbocycles. The van der Waals surface area contributed by atoms with Crippen LogP contribution in [-0.4, -0.2) is 31.1 Å². The maximum Gasteiger partial charge on any atom is 0.458 e. The average Bonchev–Trinajstić information content (AvgIpc) is 2.42. The number of hydrogen-bond acceptors (Lipinski definition) is 4. The number of rotatable bonds is 5.